The number of nitriles is 1. The standard InChI is InChI=1S/C44H52ClFN8O5/c1-43(2)41(44(3,4)42(43)59-30-11-9-27(24-47)32(45)22-30)51-38(56)28-10-13-36(49-25-28)53-19-17-52(18-20-53)16-8-6-5-7-15-48-34-21-29-26-54(40(58)31(29)23-33(34)46)35-12-14-37(55)50-39(35)57/h9-11,13,21-23,25,35,41-42,48H,5-8,12,14-20,26H2,1-4H3,(H,51,56)(H,50,55,57). The molecule has 15 heteroatoms. The molecule has 13 nitrogen and oxygen atoms in total. The summed E-state index contributed by atoms with van der Waals surface area (Å²) in [6.45, 7) is 13.7. The number of carbonyl (C=O) groups excluding carboxylic acids is 4. The van der Waals surface area contributed by atoms with Crippen LogP contribution in [0.5, 0.6) is 5.75 Å². The van der Waals surface area contributed by atoms with Crippen molar-refractivity contribution in [3.05, 3.63) is 81.8 Å². The number of fused-ring (bicyclic) bond motifs is 1. The van der Waals surface area contributed by atoms with Crippen molar-refractivity contribution in [1.82, 2.24) is 25.4 Å². The van der Waals surface area contributed by atoms with Crippen LogP contribution in [-0.4, -0.2) is 95.9 Å². The van der Waals surface area contributed by atoms with Crippen molar-refractivity contribution in [2.75, 3.05) is 49.5 Å². The first-order chi connectivity index (χ1) is 28.2. The summed E-state index contributed by atoms with van der Waals surface area (Å²) in [5.41, 5.74) is 1.45. The summed E-state index contributed by atoms with van der Waals surface area (Å²) >= 11 is 6.24. The summed E-state index contributed by atoms with van der Waals surface area (Å²) in [7, 11) is 0. The van der Waals surface area contributed by atoms with Crippen molar-refractivity contribution >= 4 is 46.7 Å². The molecule has 2 saturated heterocycles. The minimum Gasteiger partial charge on any atom is -0.489 e. The van der Waals surface area contributed by atoms with Crippen molar-refractivity contribution in [2.24, 2.45) is 10.8 Å². The molecule has 1 unspecified atom stereocenters. The molecule has 1 aliphatic carbocycles. The molecule has 59 heavy (non-hydrogen) atoms. The maximum absolute atomic E-state index is 14.9. The highest BCUT2D eigenvalue weighted by Crippen LogP contribution is 2.55. The number of pyridine rings is 1. The molecule has 312 valence electrons. The molecule has 7 rings (SSSR count). The molecule has 3 fully saturated rings. The number of nitrogens with zero attached hydrogens (tertiary/aromatic N) is 5. The van der Waals surface area contributed by atoms with Crippen LogP contribution in [0.4, 0.5) is 15.9 Å². The van der Waals surface area contributed by atoms with Crippen molar-refractivity contribution in [2.45, 2.75) is 91.0 Å². The molecule has 1 atom stereocenters. The van der Waals surface area contributed by atoms with Crippen LogP contribution in [0.3, 0.4) is 0 Å². The van der Waals surface area contributed by atoms with Crippen molar-refractivity contribution < 1.29 is 28.3 Å². The third-order valence-corrected chi connectivity index (χ3v) is 12.8. The lowest BCUT2D eigenvalue weighted by Crippen LogP contribution is -2.74. The maximum atomic E-state index is 14.9. The van der Waals surface area contributed by atoms with Crippen LogP contribution in [0.1, 0.15) is 98.1 Å². The number of piperazine rings is 1. The lowest BCUT2D eigenvalue weighted by atomic mass is 9.49. The van der Waals surface area contributed by atoms with Crippen LogP contribution >= 0.6 is 11.6 Å². The third kappa shape index (κ3) is 8.73. The summed E-state index contributed by atoms with van der Waals surface area (Å²) in [5, 5.41) is 18.2. The Morgan fingerprint density at radius 2 is 1.76 bits per heavy atom. The van der Waals surface area contributed by atoms with Crippen LogP contribution in [0.25, 0.3) is 0 Å². The second-order valence-electron chi connectivity index (χ2n) is 17.3. The highest BCUT2D eigenvalue weighted by Gasteiger charge is 2.64. The Kier molecular flexibility index (Phi) is 12.2. The number of ether oxygens (including phenoxy) is 1. The number of aromatic nitrogens is 1. The predicted octanol–water partition coefficient (Wildman–Crippen LogP) is 5.91. The highest BCUT2D eigenvalue weighted by atomic mass is 35.5. The molecule has 4 amide bonds. The van der Waals surface area contributed by atoms with Gasteiger partial charge in [-0.05, 0) is 67.8 Å². The number of hydrogen-bond acceptors (Lipinski definition) is 10. The van der Waals surface area contributed by atoms with Crippen molar-refractivity contribution in [1.29, 1.82) is 5.26 Å². The molecule has 3 N–H and O–H groups in total. The lowest BCUT2D eigenvalue weighted by molar-refractivity contribution is -0.164. The number of nitrogens with one attached hydrogen (secondary N) is 3. The van der Waals surface area contributed by atoms with E-state index in [4.69, 9.17) is 16.3 Å². The molecule has 2 aromatic carbocycles. The first-order valence-corrected chi connectivity index (χ1v) is 20.9. The highest BCUT2D eigenvalue weighted by molar-refractivity contribution is 6.31. The molecule has 0 radical (unpaired) electrons. The van der Waals surface area contributed by atoms with E-state index in [0.717, 1.165) is 64.2 Å². The predicted molar refractivity (Wildman–Crippen MR) is 222 cm³/mol. The number of piperidine rings is 1. The summed E-state index contributed by atoms with van der Waals surface area (Å²) in [5.74, 6) is -0.447. The molecule has 3 aromatic rings. The Morgan fingerprint density at radius 1 is 1.02 bits per heavy atom. The fraction of sp³-hybridized carbons (Fsp3) is 0.500. The first-order valence-electron chi connectivity index (χ1n) is 20.5. The number of carbonyl (C=O) groups is 4. The van der Waals surface area contributed by atoms with Gasteiger partial charge in [-0.1, -0.05) is 52.1 Å². The molecule has 0 spiro atoms. The van der Waals surface area contributed by atoms with E-state index < -0.39 is 17.8 Å². The van der Waals surface area contributed by atoms with Gasteiger partial charge in [0.25, 0.3) is 11.8 Å². The quantitative estimate of drug-likeness (QED) is 0.132. The van der Waals surface area contributed by atoms with Gasteiger partial charge < -0.3 is 25.2 Å². The molecule has 3 aliphatic heterocycles. The normalized spacial score (nSPS) is 22.3. The zero-order valence-corrected chi connectivity index (χ0v) is 34.8. The number of anilines is 2. The fourth-order valence-corrected chi connectivity index (χ4v) is 9.69. The van der Waals surface area contributed by atoms with E-state index in [-0.39, 0.29) is 65.6 Å². The van der Waals surface area contributed by atoms with Gasteiger partial charge in [-0.15, -0.1) is 0 Å². The Morgan fingerprint density at radius 3 is 2.44 bits per heavy atom. The van der Waals surface area contributed by atoms with Gasteiger partial charge >= 0.3 is 0 Å². The van der Waals surface area contributed by atoms with E-state index in [1.807, 2.05) is 12.1 Å². The summed E-state index contributed by atoms with van der Waals surface area (Å²) < 4.78 is 21.3. The first kappa shape index (κ1) is 41.9. The van der Waals surface area contributed by atoms with Gasteiger partial charge in [0, 0.05) is 80.4 Å². The molecular weight excluding hydrogens is 775 g/mol. The Hall–Kier alpha value is -5.26. The van der Waals surface area contributed by atoms with Crippen LogP contribution in [0.2, 0.25) is 5.02 Å². The van der Waals surface area contributed by atoms with E-state index in [9.17, 15) is 28.8 Å². The molecule has 1 saturated carbocycles. The van der Waals surface area contributed by atoms with Gasteiger partial charge in [0.2, 0.25) is 11.8 Å². The summed E-state index contributed by atoms with van der Waals surface area (Å²) in [6.07, 6.45) is 5.90. The smallest absolute Gasteiger partial charge is 0.255 e. The van der Waals surface area contributed by atoms with Crippen molar-refractivity contribution in [3.63, 3.8) is 0 Å². The van der Waals surface area contributed by atoms with Crippen LogP contribution in [0, 0.1) is 28.0 Å². The third-order valence-electron chi connectivity index (χ3n) is 12.5. The van der Waals surface area contributed by atoms with E-state index in [1.54, 1.807) is 30.5 Å². The number of benzene rings is 2. The van der Waals surface area contributed by atoms with Gasteiger partial charge in [-0.3, -0.25) is 29.4 Å². The van der Waals surface area contributed by atoms with Gasteiger partial charge in [-0.25, -0.2) is 9.37 Å². The number of amides is 4. The van der Waals surface area contributed by atoms with Crippen LogP contribution in [0.15, 0.2) is 48.7 Å². The average molecular weight is 827 g/mol. The second-order valence-corrected chi connectivity index (χ2v) is 17.7. The summed E-state index contributed by atoms with van der Waals surface area (Å²) in [4.78, 5) is 61.0. The van der Waals surface area contributed by atoms with Gasteiger partial charge in [0.1, 0.15) is 35.6 Å². The van der Waals surface area contributed by atoms with Gasteiger partial charge in [0.05, 0.1) is 21.8 Å². The zero-order valence-electron chi connectivity index (χ0n) is 34.1. The van der Waals surface area contributed by atoms with Crippen molar-refractivity contribution in [3.8, 4) is 11.8 Å². The van der Waals surface area contributed by atoms with Crippen LogP contribution in [-0.2, 0) is 16.1 Å². The number of rotatable bonds is 14. The van der Waals surface area contributed by atoms with Crippen LogP contribution < -0.4 is 25.6 Å². The van der Waals surface area contributed by atoms with E-state index in [1.165, 1.54) is 11.0 Å². The number of hydrogen-bond donors (Lipinski definition) is 3. The number of unbranched alkanes of at least 4 members (excludes halogenated alkanes) is 3. The second kappa shape index (κ2) is 17.1. The van der Waals surface area contributed by atoms with E-state index in [2.05, 4.69) is 64.5 Å². The Balaban J connectivity index is 0.791. The molecule has 0 bridgehead atoms. The minimum absolute atomic E-state index is 0.150. The molecule has 4 heterocycles. The molecule has 4 aliphatic rings. The number of halogens is 2. The summed E-state index contributed by atoms with van der Waals surface area (Å²) in [6, 6.07) is 12.9. The van der Waals surface area contributed by atoms with Gasteiger partial charge in [0.15, 0.2) is 0 Å². The maximum Gasteiger partial charge on any atom is 0.255 e. The van der Waals surface area contributed by atoms with E-state index >= 15 is 0 Å². The topological polar surface area (TPSA) is 160 Å². The largest absolute Gasteiger partial charge is 0.489 e. The fourth-order valence-electron chi connectivity index (χ4n) is 9.48. The minimum atomic E-state index is -0.729. The zero-order chi connectivity index (χ0) is 42.1. The lowest BCUT2D eigenvalue weighted by Gasteiger charge is -2.63. The number of imide groups is 1. The Bertz CT molecular complexity index is 2130. The average Bonchev–Trinajstić information content (AvgIpc) is 3.52. The molecular formula is C44H52ClFN8O5. The van der Waals surface area contributed by atoms with Gasteiger partial charge in [-0.2, -0.15) is 5.26 Å². The molecule has 1 aromatic heterocycles. The van der Waals surface area contributed by atoms with E-state index in [0.29, 0.717) is 39.7 Å². The monoisotopic (exact) mass is 826 g/mol. The SMILES string of the molecule is CC1(C)C(NC(=O)c2ccc(N3CCN(CCCCCCNc4cc5c(cc4F)C(=O)N(C4CCC(=O)NC4=O)C5)CC3)nc2)C(C)(C)C1Oc1ccc(C#N)c(Cl)c1. The Labute approximate surface area is 349 Å².